The van der Waals surface area contributed by atoms with Gasteiger partial charge in [0.1, 0.15) is 11.6 Å². The Balaban J connectivity index is 1.34. The summed E-state index contributed by atoms with van der Waals surface area (Å²) in [5.74, 6) is -0.333. The minimum atomic E-state index is -0.333. The van der Waals surface area contributed by atoms with Gasteiger partial charge in [0.25, 0.3) is 5.91 Å². The van der Waals surface area contributed by atoms with E-state index in [-0.39, 0.29) is 17.6 Å². The van der Waals surface area contributed by atoms with Gasteiger partial charge in [-0.2, -0.15) is 5.26 Å². The summed E-state index contributed by atoms with van der Waals surface area (Å²) in [7, 11) is 0. The number of carbonyl (C=O) groups excluding carboxylic acids is 1. The van der Waals surface area contributed by atoms with Crippen molar-refractivity contribution >= 4 is 33.5 Å². The second-order valence-corrected chi connectivity index (χ2v) is 9.29. The molecule has 3 heterocycles. The molecule has 0 spiro atoms. The number of nitriles is 1. The van der Waals surface area contributed by atoms with Crippen LogP contribution in [0.2, 0.25) is 0 Å². The minimum Gasteiger partial charge on any atom is -0.376 e. The van der Waals surface area contributed by atoms with Crippen LogP contribution in [0.5, 0.6) is 0 Å². The number of nitrogens with zero attached hydrogens (tertiary/aromatic N) is 3. The number of carbonyl (C=O) groups is 1. The topological polar surface area (TPSA) is 79.9 Å². The van der Waals surface area contributed by atoms with Crippen molar-refractivity contribution in [1.82, 2.24) is 14.9 Å². The summed E-state index contributed by atoms with van der Waals surface area (Å²) in [6.07, 6.45) is 5.69. The third kappa shape index (κ3) is 5.09. The highest BCUT2D eigenvalue weighted by Crippen LogP contribution is 2.23. The Bertz CT molecular complexity index is 1150. The van der Waals surface area contributed by atoms with Crippen molar-refractivity contribution in [3.05, 3.63) is 57.9 Å². The molecule has 0 radical (unpaired) electrons. The van der Waals surface area contributed by atoms with E-state index in [4.69, 9.17) is 4.74 Å². The Labute approximate surface area is 192 Å². The summed E-state index contributed by atoms with van der Waals surface area (Å²) in [6.45, 7) is 6.22. The van der Waals surface area contributed by atoms with Crippen LogP contribution >= 0.6 is 11.3 Å². The summed E-state index contributed by atoms with van der Waals surface area (Å²) in [6, 6.07) is 12.2. The molecule has 1 N–H and O–H groups in total. The Morgan fingerprint density at radius 1 is 1.41 bits per heavy atom. The molecule has 0 aliphatic carbocycles. The first kappa shape index (κ1) is 22.3. The zero-order chi connectivity index (χ0) is 22.5. The SMILES string of the molecule is Cc1cc(/C=C(\C#N)C(=O)NCCCc2nc3ccccc3s2)c(C)n1CC1CCCO1. The van der Waals surface area contributed by atoms with Crippen molar-refractivity contribution < 1.29 is 9.53 Å². The first-order chi connectivity index (χ1) is 15.5. The van der Waals surface area contributed by atoms with Crippen molar-refractivity contribution in [3.8, 4) is 6.07 Å². The van der Waals surface area contributed by atoms with Gasteiger partial charge in [0.05, 0.1) is 21.3 Å². The number of hydrogen-bond acceptors (Lipinski definition) is 5. The highest BCUT2D eigenvalue weighted by molar-refractivity contribution is 7.18. The molecule has 2 aromatic heterocycles. The molecule has 1 aromatic carbocycles. The number of rotatable bonds is 8. The van der Waals surface area contributed by atoms with Gasteiger partial charge in [0.2, 0.25) is 0 Å². The van der Waals surface area contributed by atoms with Crippen molar-refractivity contribution in [2.24, 2.45) is 0 Å². The molecule has 0 bridgehead atoms. The summed E-state index contributed by atoms with van der Waals surface area (Å²) < 4.78 is 9.16. The van der Waals surface area contributed by atoms with Crippen LogP contribution in [-0.4, -0.2) is 34.7 Å². The van der Waals surface area contributed by atoms with Crippen molar-refractivity contribution in [2.75, 3.05) is 13.2 Å². The molecular formula is C25H28N4O2S. The average molecular weight is 449 g/mol. The second-order valence-electron chi connectivity index (χ2n) is 8.18. The van der Waals surface area contributed by atoms with Crippen LogP contribution in [-0.2, 0) is 22.5 Å². The lowest BCUT2D eigenvalue weighted by molar-refractivity contribution is -0.117. The Hall–Kier alpha value is -2.95. The highest BCUT2D eigenvalue weighted by Gasteiger charge is 2.19. The van der Waals surface area contributed by atoms with Crippen LogP contribution in [0.1, 0.15) is 41.2 Å². The van der Waals surface area contributed by atoms with Crippen LogP contribution in [0.3, 0.4) is 0 Å². The van der Waals surface area contributed by atoms with Crippen LogP contribution in [0.25, 0.3) is 16.3 Å². The van der Waals surface area contributed by atoms with Gasteiger partial charge in [0, 0.05) is 37.5 Å². The van der Waals surface area contributed by atoms with E-state index in [0.717, 1.165) is 66.3 Å². The lowest BCUT2D eigenvalue weighted by Crippen LogP contribution is -2.25. The van der Waals surface area contributed by atoms with Crippen LogP contribution in [0.15, 0.2) is 35.9 Å². The molecule has 1 unspecified atom stereocenters. The van der Waals surface area contributed by atoms with E-state index in [1.807, 2.05) is 38.1 Å². The molecule has 7 heteroatoms. The van der Waals surface area contributed by atoms with E-state index in [0.29, 0.717) is 6.54 Å². The Morgan fingerprint density at radius 3 is 3.00 bits per heavy atom. The monoisotopic (exact) mass is 448 g/mol. The van der Waals surface area contributed by atoms with E-state index in [9.17, 15) is 10.1 Å². The molecule has 1 aliphatic rings. The maximum Gasteiger partial charge on any atom is 0.261 e. The number of para-hydroxylation sites is 1. The molecule has 1 atom stereocenters. The predicted molar refractivity (Wildman–Crippen MR) is 127 cm³/mol. The fourth-order valence-electron chi connectivity index (χ4n) is 4.11. The van der Waals surface area contributed by atoms with Gasteiger partial charge in [-0.1, -0.05) is 12.1 Å². The molecule has 1 saturated heterocycles. The zero-order valence-corrected chi connectivity index (χ0v) is 19.4. The molecule has 166 valence electrons. The number of aryl methyl sites for hydroxylation is 2. The number of fused-ring (bicyclic) bond motifs is 1. The number of benzene rings is 1. The smallest absolute Gasteiger partial charge is 0.261 e. The minimum absolute atomic E-state index is 0.127. The fourth-order valence-corrected chi connectivity index (χ4v) is 5.12. The summed E-state index contributed by atoms with van der Waals surface area (Å²) in [4.78, 5) is 17.2. The van der Waals surface area contributed by atoms with Gasteiger partial charge in [-0.3, -0.25) is 4.79 Å². The average Bonchev–Trinajstić information content (AvgIpc) is 3.51. The summed E-state index contributed by atoms with van der Waals surface area (Å²) >= 11 is 1.69. The van der Waals surface area contributed by atoms with Gasteiger partial charge in [-0.15, -0.1) is 11.3 Å². The molecule has 3 aromatic rings. The first-order valence-corrected chi connectivity index (χ1v) is 11.9. The second kappa shape index (κ2) is 10.1. The van der Waals surface area contributed by atoms with Crippen molar-refractivity contribution in [3.63, 3.8) is 0 Å². The van der Waals surface area contributed by atoms with Crippen LogP contribution in [0, 0.1) is 25.2 Å². The number of ether oxygens (including phenoxy) is 1. The van der Waals surface area contributed by atoms with E-state index in [1.54, 1.807) is 17.4 Å². The standard InChI is InChI=1S/C25H28N4O2S/c1-17-13-19(18(2)29(17)16-21-7-6-12-31-21)14-20(15-26)25(30)27-11-5-10-24-28-22-8-3-4-9-23(22)32-24/h3-4,8-9,13-14,21H,5-7,10-12,16H2,1-2H3,(H,27,30)/b20-14+. The van der Waals surface area contributed by atoms with E-state index in [1.165, 1.54) is 4.70 Å². The zero-order valence-electron chi connectivity index (χ0n) is 18.6. The lowest BCUT2D eigenvalue weighted by Gasteiger charge is -2.14. The van der Waals surface area contributed by atoms with Gasteiger partial charge in [-0.05, 0) is 62.9 Å². The van der Waals surface area contributed by atoms with E-state index in [2.05, 4.69) is 27.0 Å². The third-order valence-corrected chi connectivity index (χ3v) is 6.98. The number of aromatic nitrogens is 2. The molecular weight excluding hydrogens is 420 g/mol. The third-order valence-electron chi connectivity index (χ3n) is 5.88. The van der Waals surface area contributed by atoms with Crippen molar-refractivity contribution in [2.45, 2.75) is 52.2 Å². The van der Waals surface area contributed by atoms with E-state index >= 15 is 0 Å². The fraction of sp³-hybridized carbons (Fsp3) is 0.400. The predicted octanol–water partition coefficient (Wildman–Crippen LogP) is 4.55. The molecule has 32 heavy (non-hydrogen) atoms. The number of nitrogens with one attached hydrogen (secondary N) is 1. The first-order valence-electron chi connectivity index (χ1n) is 11.1. The van der Waals surface area contributed by atoms with Gasteiger partial charge < -0.3 is 14.6 Å². The van der Waals surface area contributed by atoms with Gasteiger partial charge >= 0.3 is 0 Å². The maximum atomic E-state index is 12.6. The van der Waals surface area contributed by atoms with Gasteiger partial charge in [-0.25, -0.2) is 4.98 Å². The summed E-state index contributed by atoms with van der Waals surface area (Å²) in [5.41, 5.74) is 4.21. The van der Waals surface area contributed by atoms with Crippen LogP contribution < -0.4 is 5.32 Å². The molecule has 1 fully saturated rings. The Morgan fingerprint density at radius 2 is 2.25 bits per heavy atom. The number of thiazole rings is 1. The van der Waals surface area contributed by atoms with Crippen LogP contribution in [0.4, 0.5) is 0 Å². The molecule has 0 saturated carbocycles. The maximum absolute atomic E-state index is 12.6. The van der Waals surface area contributed by atoms with Crippen molar-refractivity contribution in [1.29, 1.82) is 5.26 Å². The number of hydrogen-bond donors (Lipinski definition) is 1. The quantitative estimate of drug-likeness (QED) is 0.311. The normalized spacial score (nSPS) is 16.4. The molecule has 1 aliphatic heterocycles. The largest absolute Gasteiger partial charge is 0.376 e. The lowest BCUT2D eigenvalue weighted by atomic mass is 10.1. The molecule has 1 amide bonds. The highest BCUT2D eigenvalue weighted by atomic mass is 32.1. The van der Waals surface area contributed by atoms with Gasteiger partial charge in [0.15, 0.2) is 0 Å². The Kier molecular flexibility index (Phi) is 7.03. The van der Waals surface area contributed by atoms with E-state index < -0.39 is 0 Å². The summed E-state index contributed by atoms with van der Waals surface area (Å²) in [5, 5.41) is 13.5. The number of amides is 1. The molecule has 6 nitrogen and oxygen atoms in total. The molecule has 4 rings (SSSR count).